The van der Waals surface area contributed by atoms with E-state index in [0.29, 0.717) is 32.6 Å². The second-order valence-electron chi connectivity index (χ2n) is 4.99. The van der Waals surface area contributed by atoms with Crippen LogP contribution in [0.4, 0.5) is 0 Å². The molecular formula is C15H22ClN3O3. The van der Waals surface area contributed by atoms with Crippen LogP contribution >= 0.6 is 12.4 Å². The molecular weight excluding hydrogens is 306 g/mol. The minimum atomic E-state index is -0.0603. The first-order valence-electron chi connectivity index (χ1n) is 7.02. The van der Waals surface area contributed by atoms with Gasteiger partial charge < -0.3 is 20.3 Å². The number of halogens is 1. The van der Waals surface area contributed by atoms with Gasteiger partial charge in [0.2, 0.25) is 11.8 Å². The van der Waals surface area contributed by atoms with E-state index in [1.54, 1.807) is 16.9 Å². The van der Waals surface area contributed by atoms with Crippen molar-refractivity contribution in [3.63, 3.8) is 0 Å². The molecule has 1 saturated heterocycles. The molecule has 0 atom stereocenters. The summed E-state index contributed by atoms with van der Waals surface area (Å²) in [4.78, 5) is 27.3. The second kappa shape index (κ2) is 8.60. The van der Waals surface area contributed by atoms with E-state index in [9.17, 15) is 9.59 Å². The molecule has 1 aliphatic heterocycles. The molecule has 6 nitrogen and oxygen atoms in total. The maximum Gasteiger partial charge on any atom is 0.236 e. The maximum atomic E-state index is 12.3. The highest BCUT2D eigenvalue weighted by molar-refractivity contribution is 5.85. The fraction of sp³-hybridized carbons (Fsp3) is 0.467. The Bertz CT molecular complexity index is 517. The second-order valence-corrected chi connectivity index (χ2v) is 4.99. The van der Waals surface area contributed by atoms with Crippen molar-refractivity contribution >= 4 is 24.2 Å². The van der Waals surface area contributed by atoms with Gasteiger partial charge in [0.25, 0.3) is 0 Å². The van der Waals surface area contributed by atoms with Gasteiger partial charge in [0.1, 0.15) is 5.75 Å². The highest BCUT2D eigenvalue weighted by Gasteiger charge is 2.23. The molecule has 1 aromatic rings. The third-order valence-electron chi connectivity index (χ3n) is 3.65. The largest absolute Gasteiger partial charge is 0.497 e. The van der Waals surface area contributed by atoms with Gasteiger partial charge in [0.15, 0.2) is 0 Å². The number of hydrogen-bond donors (Lipinski definition) is 1. The van der Waals surface area contributed by atoms with E-state index in [1.165, 1.54) is 0 Å². The molecule has 1 aromatic carbocycles. The number of carbonyl (C=O) groups excluding carboxylic acids is 2. The zero-order valence-electron chi connectivity index (χ0n) is 12.7. The molecule has 1 fully saturated rings. The number of ether oxygens (including phenoxy) is 1. The molecule has 0 saturated carbocycles. The summed E-state index contributed by atoms with van der Waals surface area (Å²) in [5.41, 5.74) is 6.27. The predicted molar refractivity (Wildman–Crippen MR) is 86.2 cm³/mol. The van der Waals surface area contributed by atoms with Gasteiger partial charge in [-0.05, 0) is 17.7 Å². The third kappa shape index (κ3) is 4.61. The van der Waals surface area contributed by atoms with E-state index in [2.05, 4.69) is 0 Å². The number of amides is 2. The number of benzene rings is 1. The highest BCUT2D eigenvalue weighted by atomic mass is 35.5. The molecule has 0 aliphatic carbocycles. The normalized spacial score (nSPS) is 14.3. The summed E-state index contributed by atoms with van der Waals surface area (Å²) in [7, 11) is 1.61. The molecule has 0 spiro atoms. The van der Waals surface area contributed by atoms with Crippen LogP contribution in [0.1, 0.15) is 5.56 Å². The van der Waals surface area contributed by atoms with Crippen molar-refractivity contribution in [3.05, 3.63) is 29.8 Å². The van der Waals surface area contributed by atoms with Crippen molar-refractivity contribution in [2.45, 2.75) is 6.42 Å². The lowest BCUT2D eigenvalue weighted by Crippen LogP contribution is -2.52. The van der Waals surface area contributed by atoms with Gasteiger partial charge in [-0.1, -0.05) is 12.1 Å². The number of piperazine rings is 1. The standard InChI is InChI=1S/C15H21N3O3.ClH/c1-21-13-4-2-3-12(9-13)10-14(19)17-5-7-18(8-6-17)15(20)11-16;/h2-4,9H,5-8,10-11,16H2,1H3;1H. The Morgan fingerprint density at radius 1 is 1.14 bits per heavy atom. The summed E-state index contributed by atoms with van der Waals surface area (Å²) in [6, 6.07) is 7.51. The zero-order chi connectivity index (χ0) is 15.2. The first-order valence-corrected chi connectivity index (χ1v) is 7.02. The smallest absolute Gasteiger partial charge is 0.236 e. The van der Waals surface area contributed by atoms with Crippen molar-refractivity contribution in [1.82, 2.24) is 9.80 Å². The van der Waals surface area contributed by atoms with Crippen molar-refractivity contribution in [2.24, 2.45) is 5.73 Å². The maximum absolute atomic E-state index is 12.3. The Balaban J connectivity index is 0.00000242. The Morgan fingerprint density at radius 3 is 2.27 bits per heavy atom. The minimum Gasteiger partial charge on any atom is -0.497 e. The molecule has 2 N–H and O–H groups in total. The van der Waals surface area contributed by atoms with Crippen LogP contribution in [0, 0.1) is 0 Å². The van der Waals surface area contributed by atoms with Crippen molar-refractivity contribution < 1.29 is 14.3 Å². The number of hydrogen-bond acceptors (Lipinski definition) is 4. The number of methoxy groups -OCH3 is 1. The number of rotatable bonds is 4. The molecule has 2 amide bonds. The van der Waals surface area contributed by atoms with E-state index in [-0.39, 0.29) is 30.8 Å². The Kier molecular flexibility index (Phi) is 7.14. The number of nitrogens with two attached hydrogens (primary N) is 1. The van der Waals surface area contributed by atoms with Gasteiger partial charge in [-0.2, -0.15) is 0 Å². The van der Waals surface area contributed by atoms with E-state index in [0.717, 1.165) is 11.3 Å². The van der Waals surface area contributed by atoms with Crippen LogP contribution in [0.2, 0.25) is 0 Å². The lowest BCUT2D eigenvalue weighted by Gasteiger charge is -2.34. The molecule has 2 rings (SSSR count). The van der Waals surface area contributed by atoms with Crippen LogP contribution in [0.15, 0.2) is 24.3 Å². The van der Waals surface area contributed by atoms with Crippen LogP contribution < -0.4 is 10.5 Å². The lowest BCUT2D eigenvalue weighted by atomic mass is 10.1. The third-order valence-corrected chi connectivity index (χ3v) is 3.65. The number of nitrogens with zero attached hydrogens (tertiary/aromatic N) is 2. The van der Waals surface area contributed by atoms with E-state index in [1.807, 2.05) is 24.3 Å². The van der Waals surface area contributed by atoms with Crippen molar-refractivity contribution in [1.29, 1.82) is 0 Å². The van der Waals surface area contributed by atoms with Gasteiger partial charge in [0, 0.05) is 26.2 Å². The quantitative estimate of drug-likeness (QED) is 0.862. The van der Waals surface area contributed by atoms with Gasteiger partial charge in [-0.25, -0.2) is 0 Å². The molecule has 7 heteroatoms. The summed E-state index contributed by atoms with van der Waals surface area (Å²) in [5, 5.41) is 0. The Hall–Kier alpha value is -1.79. The Labute approximate surface area is 136 Å². The fourth-order valence-electron chi connectivity index (χ4n) is 2.40. The first kappa shape index (κ1) is 18.3. The monoisotopic (exact) mass is 327 g/mol. The zero-order valence-corrected chi connectivity index (χ0v) is 13.5. The van der Waals surface area contributed by atoms with Gasteiger partial charge in [-0.3, -0.25) is 9.59 Å². The van der Waals surface area contributed by atoms with Crippen LogP contribution in [0.5, 0.6) is 5.75 Å². The number of carbonyl (C=O) groups is 2. The van der Waals surface area contributed by atoms with Crippen molar-refractivity contribution in [2.75, 3.05) is 39.8 Å². The first-order chi connectivity index (χ1) is 10.1. The highest BCUT2D eigenvalue weighted by Crippen LogP contribution is 2.14. The van der Waals surface area contributed by atoms with E-state index in [4.69, 9.17) is 10.5 Å². The molecule has 0 unspecified atom stereocenters. The molecule has 1 aliphatic rings. The van der Waals surface area contributed by atoms with Crippen molar-refractivity contribution in [3.8, 4) is 5.75 Å². The average Bonchev–Trinajstić information content (AvgIpc) is 2.54. The summed E-state index contributed by atoms with van der Waals surface area (Å²) in [6.45, 7) is 2.26. The predicted octanol–water partition coefficient (Wildman–Crippen LogP) is 0.289. The fourth-order valence-corrected chi connectivity index (χ4v) is 2.40. The minimum absolute atomic E-state index is 0. The molecule has 0 bridgehead atoms. The van der Waals surface area contributed by atoms with Crippen LogP contribution in [-0.4, -0.2) is 61.4 Å². The van der Waals surface area contributed by atoms with E-state index < -0.39 is 0 Å². The van der Waals surface area contributed by atoms with Gasteiger partial charge >= 0.3 is 0 Å². The van der Waals surface area contributed by atoms with E-state index >= 15 is 0 Å². The van der Waals surface area contributed by atoms with Crippen LogP contribution in [0.3, 0.4) is 0 Å². The van der Waals surface area contributed by atoms with Crippen LogP contribution in [0.25, 0.3) is 0 Å². The van der Waals surface area contributed by atoms with Gasteiger partial charge in [0.05, 0.1) is 20.1 Å². The van der Waals surface area contributed by atoms with Crippen LogP contribution in [-0.2, 0) is 16.0 Å². The molecule has 0 aromatic heterocycles. The molecule has 122 valence electrons. The summed E-state index contributed by atoms with van der Waals surface area (Å²) in [5.74, 6) is 0.761. The molecule has 22 heavy (non-hydrogen) atoms. The average molecular weight is 328 g/mol. The SMILES string of the molecule is COc1cccc(CC(=O)N2CCN(C(=O)CN)CC2)c1.Cl. The van der Waals surface area contributed by atoms with Gasteiger partial charge in [-0.15, -0.1) is 12.4 Å². The summed E-state index contributed by atoms with van der Waals surface area (Å²) in [6.07, 6.45) is 0.349. The molecule has 0 radical (unpaired) electrons. The summed E-state index contributed by atoms with van der Waals surface area (Å²) < 4.78 is 5.15. The Morgan fingerprint density at radius 2 is 1.73 bits per heavy atom. The topological polar surface area (TPSA) is 75.9 Å². The molecule has 1 heterocycles. The lowest BCUT2D eigenvalue weighted by molar-refractivity contribution is -0.138. The summed E-state index contributed by atoms with van der Waals surface area (Å²) >= 11 is 0.